The maximum Gasteiger partial charge on any atom is 0.305 e. The smallest absolute Gasteiger partial charge is 0.305 e. The van der Waals surface area contributed by atoms with Crippen molar-refractivity contribution in [3.8, 4) is 0 Å². The molecule has 0 unspecified atom stereocenters. The van der Waals surface area contributed by atoms with E-state index in [4.69, 9.17) is 29.9 Å². The van der Waals surface area contributed by atoms with Gasteiger partial charge in [-0.1, -0.05) is 89.9 Å². The normalized spacial score (nSPS) is 15.7. The van der Waals surface area contributed by atoms with Gasteiger partial charge in [-0.2, -0.15) is 0 Å². The highest BCUT2D eigenvalue weighted by Crippen LogP contribution is 2.13. The molecule has 10 nitrogen and oxygen atoms in total. The predicted molar refractivity (Wildman–Crippen MR) is 153 cm³/mol. The first-order valence-electron chi connectivity index (χ1n) is 15.3. The van der Waals surface area contributed by atoms with Gasteiger partial charge in [0.15, 0.2) is 0 Å². The average molecular weight is 577 g/mol. The van der Waals surface area contributed by atoms with Crippen molar-refractivity contribution in [2.24, 2.45) is 0 Å². The maximum atomic E-state index is 11.3. The third-order valence-electron chi connectivity index (χ3n) is 6.25. The van der Waals surface area contributed by atoms with Gasteiger partial charge < -0.3 is 29.9 Å². The number of esters is 2. The number of unbranched alkanes of at least 4 members (excludes halogenated alkanes) is 8. The minimum atomic E-state index is -0.705. The van der Waals surface area contributed by atoms with Crippen LogP contribution in [0.25, 0.3) is 0 Å². The highest BCUT2D eigenvalue weighted by Gasteiger charge is 2.06. The zero-order valence-electron chi connectivity index (χ0n) is 24.6. The molecule has 0 amide bonds. The molecule has 236 valence electrons. The van der Waals surface area contributed by atoms with Crippen molar-refractivity contribution >= 4 is 23.9 Å². The summed E-state index contributed by atoms with van der Waals surface area (Å²) in [4.78, 5) is 43.2. The molecule has 0 saturated carbocycles. The van der Waals surface area contributed by atoms with Crippen LogP contribution in [0.15, 0.2) is 0 Å². The molecule has 1 fully saturated rings. The van der Waals surface area contributed by atoms with Crippen molar-refractivity contribution < 1.29 is 49.1 Å². The zero-order chi connectivity index (χ0) is 30.1. The quantitative estimate of drug-likeness (QED) is 0.155. The Hall–Kier alpha value is -2.20. The van der Waals surface area contributed by atoms with Crippen molar-refractivity contribution in [2.75, 3.05) is 26.4 Å². The van der Waals surface area contributed by atoms with E-state index in [9.17, 15) is 19.2 Å². The summed E-state index contributed by atoms with van der Waals surface area (Å²) in [5.74, 6) is -1.77. The van der Waals surface area contributed by atoms with Crippen LogP contribution in [0.2, 0.25) is 0 Å². The van der Waals surface area contributed by atoms with E-state index in [1.54, 1.807) is 0 Å². The fourth-order valence-electron chi connectivity index (χ4n) is 4.02. The van der Waals surface area contributed by atoms with Crippen molar-refractivity contribution in [3.05, 3.63) is 0 Å². The van der Waals surface area contributed by atoms with Crippen LogP contribution < -0.4 is 0 Å². The molecule has 0 aromatic carbocycles. The molecule has 0 aromatic rings. The molecule has 0 radical (unpaired) electrons. The molecule has 1 aliphatic heterocycles. The van der Waals surface area contributed by atoms with Crippen LogP contribution >= 0.6 is 0 Å². The van der Waals surface area contributed by atoms with Gasteiger partial charge in [-0.3, -0.25) is 19.2 Å². The summed E-state index contributed by atoms with van der Waals surface area (Å²) in [6.45, 7) is 0.120. The van der Waals surface area contributed by atoms with Gasteiger partial charge in [-0.25, -0.2) is 0 Å². The van der Waals surface area contributed by atoms with Crippen molar-refractivity contribution in [1.82, 2.24) is 0 Å². The number of carboxylic acid groups (broad SMARTS) is 2. The summed E-state index contributed by atoms with van der Waals surface area (Å²) >= 11 is 0. The lowest BCUT2D eigenvalue weighted by molar-refractivity contribution is -0.152. The van der Waals surface area contributed by atoms with Gasteiger partial charge >= 0.3 is 23.9 Å². The van der Waals surface area contributed by atoms with Gasteiger partial charge in [0, 0.05) is 25.7 Å². The molecule has 10 heteroatoms. The summed E-state index contributed by atoms with van der Waals surface area (Å²) in [6.07, 6.45) is 21.0. The van der Waals surface area contributed by atoms with Crippen LogP contribution in [0.1, 0.15) is 141 Å². The van der Waals surface area contributed by atoms with Gasteiger partial charge in [0.2, 0.25) is 0 Å². The van der Waals surface area contributed by atoms with Gasteiger partial charge in [-0.15, -0.1) is 0 Å². The predicted octanol–water partition coefficient (Wildman–Crippen LogP) is 5.80. The van der Waals surface area contributed by atoms with E-state index in [0.29, 0.717) is 12.8 Å². The number of carboxylic acids is 2. The highest BCUT2D eigenvalue weighted by atomic mass is 16.6. The molecule has 1 heterocycles. The lowest BCUT2D eigenvalue weighted by Gasteiger charge is -2.06. The van der Waals surface area contributed by atoms with Gasteiger partial charge in [0.1, 0.15) is 13.2 Å². The number of ether oxygens (including phenoxy) is 2. The van der Waals surface area contributed by atoms with Gasteiger partial charge in [0.05, 0.1) is 13.2 Å². The topological polar surface area (TPSA) is 168 Å². The molecular formula is C30H56O10. The Morgan fingerprint density at radius 2 is 0.775 bits per heavy atom. The first kappa shape index (κ1) is 39.9. The highest BCUT2D eigenvalue weighted by molar-refractivity contribution is 5.70. The Bertz CT molecular complexity index is 559. The first-order chi connectivity index (χ1) is 19.3. The fraction of sp³-hybridized carbons (Fsp3) is 0.867. The molecule has 0 spiro atoms. The number of aliphatic carboxylic acids is 2. The van der Waals surface area contributed by atoms with Crippen LogP contribution in [0.3, 0.4) is 0 Å². The standard InChI is InChI=1S/C15H26O4.C13H24O4.C2H6O2/c16-14-10-8-6-4-2-1-3-5-7-9-11-15(17)19-13-12-18-14;14-12(15)10-8-6-4-2-1-3-5-7-9-11-13(16)17;3-1-2-4/h1-13H2;1-11H2,(H,14,15)(H,16,17);3-4H,1-2H2. The lowest BCUT2D eigenvalue weighted by Crippen LogP contribution is -2.13. The molecule has 0 atom stereocenters. The third kappa shape index (κ3) is 37.9. The number of hydrogen-bond acceptors (Lipinski definition) is 8. The third-order valence-corrected chi connectivity index (χ3v) is 6.25. The number of aliphatic hydroxyl groups is 2. The van der Waals surface area contributed by atoms with Crippen LogP contribution in [0, 0.1) is 0 Å². The minimum absolute atomic E-state index is 0.125. The first-order valence-corrected chi connectivity index (χ1v) is 15.3. The van der Waals surface area contributed by atoms with Crippen LogP contribution in [-0.2, 0) is 28.7 Å². The van der Waals surface area contributed by atoms with E-state index in [0.717, 1.165) is 64.2 Å². The molecular weight excluding hydrogens is 520 g/mol. The largest absolute Gasteiger partial charge is 0.481 e. The molecule has 4 N–H and O–H groups in total. The molecule has 40 heavy (non-hydrogen) atoms. The molecule has 1 rings (SSSR count). The molecule has 0 bridgehead atoms. The number of rotatable bonds is 13. The van der Waals surface area contributed by atoms with Crippen molar-refractivity contribution in [1.29, 1.82) is 0 Å². The molecule has 1 saturated heterocycles. The average Bonchev–Trinajstić information content (AvgIpc) is 2.92. The molecule has 0 aliphatic carbocycles. The Morgan fingerprint density at radius 1 is 0.500 bits per heavy atom. The van der Waals surface area contributed by atoms with E-state index in [2.05, 4.69) is 0 Å². The Kier molecular flexibility index (Phi) is 33.0. The summed E-state index contributed by atoms with van der Waals surface area (Å²) < 4.78 is 10.00. The van der Waals surface area contributed by atoms with Crippen molar-refractivity contribution in [3.63, 3.8) is 0 Å². The van der Waals surface area contributed by atoms with Crippen LogP contribution in [-0.4, -0.2) is 70.7 Å². The number of aliphatic hydroxyl groups excluding tert-OH is 2. The number of cyclic esters (lactones) is 2. The summed E-state index contributed by atoms with van der Waals surface area (Å²) in [7, 11) is 0. The van der Waals surface area contributed by atoms with Gasteiger partial charge in [0.25, 0.3) is 0 Å². The summed E-state index contributed by atoms with van der Waals surface area (Å²) in [6, 6.07) is 0. The SMILES string of the molecule is O=C(O)CCCCCCCCCCCC(=O)O.O=C1CCCCCCCCCCCC(=O)OCCO1.OCCO. The number of carbonyl (C=O) groups excluding carboxylic acids is 2. The zero-order valence-corrected chi connectivity index (χ0v) is 24.6. The van der Waals surface area contributed by atoms with Crippen molar-refractivity contribution in [2.45, 2.75) is 141 Å². The Labute approximate surface area is 240 Å². The van der Waals surface area contributed by atoms with E-state index in [-0.39, 0.29) is 51.2 Å². The fourth-order valence-corrected chi connectivity index (χ4v) is 4.02. The second kappa shape index (κ2) is 33.0. The van der Waals surface area contributed by atoms with E-state index in [1.165, 1.54) is 51.4 Å². The second-order valence-electron chi connectivity index (χ2n) is 10.0. The monoisotopic (exact) mass is 576 g/mol. The van der Waals surface area contributed by atoms with E-state index < -0.39 is 11.9 Å². The van der Waals surface area contributed by atoms with E-state index >= 15 is 0 Å². The summed E-state index contributed by atoms with van der Waals surface area (Å²) in [5.41, 5.74) is 0. The van der Waals surface area contributed by atoms with Gasteiger partial charge in [-0.05, 0) is 25.7 Å². The Morgan fingerprint density at radius 3 is 1.05 bits per heavy atom. The van der Waals surface area contributed by atoms with Crippen LogP contribution in [0.5, 0.6) is 0 Å². The number of hydrogen-bond donors (Lipinski definition) is 4. The minimum Gasteiger partial charge on any atom is -0.481 e. The second-order valence-corrected chi connectivity index (χ2v) is 10.0. The molecule has 0 aromatic heterocycles. The lowest BCUT2D eigenvalue weighted by atomic mass is 10.1. The number of carbonyl (C=O) groups is 4. The van der Waals surface area contributed by atoms with Crippen LogP contribution in [0.4, 0.5) is 0 Å². The Balaban J connectivity index is 0. The molecule has 1 aliphatic rings. The van der Waals surface area contributed by atoms with E-state index in [1.807, 2.05) is 0 Å². The maximum absolute atomic E-state index is 11.3. The summed E-state index contributed by atoms with van der Waals surface area (Å²) in [5, 5.41) is 32.1.